The minimum absolute atomic E-state index is 0.315. The summed E-state index contributed by atoms with van der Waals surface area (Å²) in [6, 6.07) is -1.82. The van der Waals surface area contributed by atoms with Crippen molar-refractivity contribution in [1.29, 1.82) is 0 Å². The van der Waals surface area contributed by atoms with Gasteiger partial charge in [0.05, 0.1) is 1.37 Å². The molecule has 3 N–H and O–H groups in total. The summed E-state index contributed by atoms with van der Waals surface area (Å²) in [5.74, 6) is -1.58. The molecular weight excluding hydrogens is 118 g/mol. The maximum Gasteiger partial charge on any atom is 0.320 e. The molecule has 0 aromatic heterocycles. The number of carboxylic acids is 1. The fourth-order valence-corrected chi connectivity index (χ4v) is 0.431. The Labute approximate surface area is 56.3 Å². The monoisotopic (exact) mass is 132 g/mol. The molecule has 0 aromatic rings. The van der Waals surface area contributed by atoms with Gasteiger partial charge in [-0.3, -0.25) is 4.79 Å². The minimum Gasteiger partial charge on any atom is -0.480 e. The summed E-state index contributed by atoms with van der Waals surface area (Å²) < 4.78 is 7.17. The van der Waals surface area contributed by atoms with Crippen molar-refractivity contribution in [2.45, 2.75) is 26.3 Å². The van der Waals surface area contributed by atoms with Crippen LogP contribution in [0.25, 0.3) is 0 Å². The van der Waals surface area contributed by atoms with Crippen LogP contribution in [0.1, 0.15) is 21.6 Å². The van der Waals surface area contributed by atoms with Crippen molar-refractivity contribution in [3.8, 4) is 0 Å². The van der Waals surface area contributed by atoms with Crippen molar-refractivity contribution in [3.05, 3.63) is 0 Å². The number of aliphatic carboxylic acids is 1. The second kappa shape index (κ2) is 3.45. The van der Waals surface area contributed by atoms with E-state index in [1.165, 1.54) is 0 Å². The van der Waals surface area contributed by atoms with Crippen LogP contribution in [0.4, 0.5) is 0 Å². The van der Waals surface area contributed by atoms with E-state index in [1.54, 1.807) is 6.92 Å². The van der Waals surface area contributed by atoms with Gasteiger partial charge in [0, 0.05) is 0 Å². The molecule has 0 aliphatic carbocycles. The second-order valence-electron chi connectivity index (χ2n) is 2.07. The van der Waals surface area contributed by atoms with Gasteiger partial charge >= 0.3 is 5.97 Å². The van der Waals surface area contributed by atoms with Gasteiger partial charge in [0.25, 0.3) is 0 Å². The molecule has 0 aromatic carbocycles. The maximum absolute atomic E-state index is 10.3. The zero-order valence-electron chi connectivity index (χ0n) is 6.72. The SMILES string of the molecule is [2H][C@@](N)(C(=O)O)C(C)CC. The maximum atomic E-state index is 10.3. The summed E-state index contributed by atoms with van der Waals surface area (Å²) in [5, 5.41) is 8.43. The minimum atomic E-state index is -1.82. The fourth-order valence-electron chi connectivity index (χ4n) is 0.431. The van der Waals surface area contributed by atoms with Crippen molar-refractivity contribution in [1.82, 2.24) is 0 Å². The van der Waals surface area contributed by atoms with Gasteiger partial charge in [0.15, 0.2) is 0 Å². The van der Waals surface area contributed by atoms with E-state index in [2.05, 4.69) is 0 Å². The summed E-state index contributed by atoms with van der Waals surface area (Å²) in [7, 11) is 0. The molecule has 0 radical (unpaired) electrons. The largest absolute Gasteiger partial charge is 0.480 e. The molecule has 0 aliphatic heterocycles. The standard InChI is InChI=1S/C6H13NO2/c1-3-4(2)5(7)6(8)9/h4-5H,3,7H2,1-2H3,(H,8,9)/t4?,5-/m0/s1/i5D. The molecule has 0 saturated heterocycles. The number of rotatable bonds is 3. The lowest BCUT2D eigenvalue weighted by Gasteiger charge is -2.11. The van der Waals surface area contributed by atoms with Crippen molar-refractivity contribution in [3.63, 3.8) is 0 Å². The van der Waals surface area contributed by atoms with Crippen LogP contribution >= 0.6 is 0 Å². The lowest BCUT2D eigenvalue weighted by atomic mass is 10.0. The highest BCUT2D eigenvalue weighted by Crippen LogP contribution is 2.04. The summed E-state index contributed by atoms with van der Waals surface area (Å²) >= 11 is 0. The van der Waals surface area contributed by atoms with Gasteiger partial charge in [-0.05, 0) is 5.92 Å². The molecule has 54 valence electrons. The zero-order chi connectivity index (χ0) is 8.36. The van der Waals surface area contributed by atoms with Crippen molar-refractivity contribution >= 4 is 5.97 Å². The second-order valence-corrected chi connectivity index (χ2v) is 2.07. The van der Waals surface area contributed by atoms with Crippen LogP contribution in [0.2, 0.25) is 0 Å². The summed E-state index contributed by atoms with van der Waals surface area (Å²) in [4.78, 5) is 10.3. The van der Waals surface area contributed by atoms with Gasteiger partial charge < -0.3 is 10.8 Å². The molecule has 0 rings (SSSR count). The van der Waals surface area contributed by atoms with E-state index < -0.39 is 12.0 Å². The number of hydrogen-bond acceptors (Lipinski definition) is 2. The molecule has 0 amide bonds. The van der Waals surface area contributed by atoms with Crippen LogP contribution in [0, 0.1) is 5.92 Å². The van der Waals surface area contributed by atoms with Crippen LogP contribution in [0.3, 0.4) is 0 Å². The van der Waals surface area contributed by atoms with Gasteiger partial charge in [-0.15, -0.1) is 0 Å². The molecule has 0 aliphatic rings. The summed E-state index contributed by atoms with van der Waals surface area (Å²) in [6.07, 6.45) is 0.603. The van der Waals surface area contributed by atoms with Crippen LogP contribution in [0.5, 0.6) is 0 Å². The molecule has 0 spiro atoms. The quantitative estimate of drug-likeness (QED) is 0.585. The van der Waals surface area contributed by atoms with E-state index in [0.29, 0.717) is 6.42 Å². The van der Waals surface area contributed by atoms with Crippen LogP contribution in [0.15, 0.2) is 0 Å². The highest BCUT2D eigenvalue weighted by Gasteiger charge is 2.17. The summed E-state index contributed by atoms with van der Waals surface area (Å²) in [6.45, 7) is 3.46. The van der Waals surface area contributed by atoms with E-state index in [-0.39, 0.29) is 5.92 Å². The molecule has 2 atom stereocenters. The highest BCUT2D eigenvalue weighted by atomic mass is 16.4. The average Bonchev–Trinajstić information content (AvgIpc) is 1.86. The first-order valence-electron chi connectivity index (χ1n) is 3.45. The van der Waals surface area contributed by atoms with Gasteiger partial charge in [0.2, 0.25) is 0 Å². The Kier molecular flexibility index (Phi) is 2.51. The fraction of sp³-hybridized carbons (Fsp3) is 0.833. The molecule has 0 saturated carbocycles. The highest BCUT2D eigenvalue weighted by molar-refractivity contribution is 5.73. The third kappa shape index (κ3) is 2.46. The first-order chi connectivity index (χ1) is 4.42. The van der Waals surface area contributed by atoms with Gasteiger partial charge in [-0.2, -0.15) is 0 Å². The summed E-state index contributed by atoms with van der Waals surface area (Å²) in [5.41, 5.74) is 5.18. The van der Waals surface area contributed by atoms with E-state index in [4.69, 9.17) is 12.2 Å². The topological polar surface area (TPSA) is 63.3 Å². The van der Waals surface area contributed by atoms with E-state index in [0.717, 1.165) is 0 Å². The van der Waals surface area contributed by atoms with E-state index in [1.807, 2.05) is 6.92 Å². The number of nitrogens with two attached hydrogens (primary N) is 1. The van der Waals surface area contributed by atoms with Crippen molar-refractivity contribution < 1.29 is 11.3 Å². The lowest BCUT2D eigenvalue weighted by Crippen LogP contribution is -2.36. The molecule has 0 heterocycles. The van der Waals surface area contributed by atoms with Gasteiger partial charge in [-0.1, -0.05) is 20.3 Å². The Bertz CT molecular complexity index is 136. The predicted molar refractivity (Wildman–Crippen MR) is 35.1 cm³/mol. The molecule has 9 heavy (non-hydrogen) atoms. The van der Waals surface area contributed by atoms with Crippen LogP contribution in [-0.4, -0.2) is 17.1 Å². The van der Waals surface area contributed by atoms with E-state index >= 15 is 0 Å². The van der Waals surface area contributed by atoms with Crippen molar-refractivity contribution in [2.24, 2.45) is 11.7 Å². The molecule has 0 fully saturated rings. The first kappa shape index (κ1) is 6.55. The Balaban J connectivity index is 4.23. The first-order valence-corrected chi connectivity index (χ1v) is 2.95. The predicted octanol–water partition coefficient (Wildman–Crippen LogP) is 0.444. The lowest BCUT2D eigenvalue weighted by molar-refractivity contribution is -0.139. The Morgan fingerprint density at radius 1 is 2.00 bits per heavy atom. The van der Waals surface area contributed by atoms with Gasteiger partial charge in [0.1, 0.15) is 6.02 Å². The molecular formula is C6H13NO2. The normalized spacial score (nSPS) is 21.9. The van der Waals surface area contributed by atoms with Crippen LogP contribution < -0.4 is 5.73 Å². The Morgan fingerprint density at radius 2 is 2.44 bits per heavy atom. The van der Waals surface area contributed by atoms with E-state index in [9.17, 15) is 4.79 Å². The van der Waals surface area contributed by atoms with Crippen molar-refractivity contribution in [2.75, 3.05) is 0 Å². The molecule has 3 nitrogen and oxygen atoms in total. The Hall–Kier alpha value is -0.570. The average molecular weight is 132 g/mol. The van der Waals surface area contributed by atoms with Crippen LogP contribution in [-0.2, 0) is 4.79 Å². The zero-order valence-corrected chi connectivity index (χ0v) is 5.72. The Morgan fingerprint density at radius 3 is 2.56 bits per heavy atom. The third-order valence-corrected chi connectivity index (χ3v) is 1.39. The smallest absolute Gasteiger partial charge is 0.320 e. The number of carboxylic acid groups (broad SMARTS) is 1. The molecule has 1 unspecified atom stereocenters. The van der Waals surface area contributed by atoms with Gasteiger partial charge in [-0.25, -0.2) is 0 Å². The number of carbonyl (C=O) groups is 1. The molecule has 0 bridgehead atoms. The third-order valence-electron chi connectivity index (χ3n) is 1.39. The number of hydrogen-bond donors (Lipinski definition) is 2. The molecule has 3 heteroatoms.